The lowest BCUT2D eigenvalue weighted by atomic mass is 9.76. The van der Waals surface area contributed by atoms with E-state index in [1.54, 1.807) is 41.2 Å². The van der Waals surface area contributed by atoms with Crippen LogP contribution in [0.15, 0.2) is 66.0 Å². The van der Waals surface area contributed by atoms with Crippen molar-refractivity contribution < 1.29 is 35.9 Å². The van der Waals surface area contributed by atoms with Crippen LogP contribution in [0.1, 0.15) is 90.5 Å². The van der Waals surface area contributed by atoms with Crippen molar-refractivity contribution in [2.75, 3.05) is 5.01 Å². The maximum Gasteiger partial charge on any atom is 0.324 e. The van der Waals surface area contributed by atoms with Gasteiger partial charge in [-0.05, 0) is 66.3 Å². The predicted octanol–water partition coefficient (Wildman–Crippen LogP) is 4.84. The third-order valence-electron chi connectivity index (χ3n) is 8.76. The molecule has 2 amide bonds. The molecule has 1 aliphatic rings. The van der Waals surface area contributed by atoms with Crippen LogP contribution in [0.25, 0.3) is 0 Å². The van der Waals surface area contributed by atoms with Gasteiger partial charge in [-0.3, -0.25) is 9.59 Å². The minimum Gasteiger partial charge on any atom is -1.00 e. The Kier molecular flexibility index (Phi) is 11.9. The first-order valence-corrected chi connectivity index (χ1v) is 16.0. The first-order chi connectivity index (χ1) is 20.7. The van der Waals surface area contributed by atoms with E-state index in [0.29, 0.717) is 12.2 Å². The average molecular weight is 719 g/mol. The van der Waals surface area contributed by atoms with Crippen molar-refractivity contribution in [2.45, 2.75) is 97.6 Å². The summed E-state index contributed by atoms with van der Waals surface area (Å²) in [4.78, 5) is 27.7. The van der Waals surface area contributed by atoms with Gasteiger partial charge in [0, 0.05) is 17.7 Å². The van der Waals surface area contributed by atoms with Crippen LogP contribution < -0.4 is 36.6 Å². The molecule has 4 rings (SSSR count). The van der Waals surface area contributed by atoms with Crippen molar-refractivity contribution in [1.82, 2.24) is 5.32 Å². The van der Waals surface area contributed by atoms with Crippen molar-refractivity contribution in [2.24, 2.45) is 5.10 Å². The first kappa shape index (κ1) is 36.5. The van der Waals surface area contributed by atoms with Crippen LogP contribution >= 0.6 is 23.2 Å². The third-order valence-corrected chi connectivity index (χ3v) is 9.34. The molecule has 1 N–H and O–H groups in total. The monoisotopic (exact) mass is 716 g/mol. The molecule has 0 fully saturated rings. The van der Waals surface area contributed by atoms with E-state index in [0.717, 1.165) is 24.0 Å². The normalized spacial score (nSPS) is 15.8. The summed E-state index contributed by atoms with van der Waals surface area (Å²) in [5.74, 6) is 0.0221. The summed E-state index contributed by atoms with van der Waals surface area (Å²) in [5, 5.41) is 9.20. The predicted molar refractivity (Wildman–Crippen MR) is 178 cm³/mol. The van der Waals surface area contributed by atoms with Crippen LogP contribution in [0.5, 0.6) is 5.75 Å². The fourth-order valence-corrected chi connectivity index (χ4v) is 5.86. The summed E-state index contributed by atoms with van der Waals surface area (Å²) >= 11 is 13.1. The summed E-state index contributed by atoms with van der Waals surface area (Å²) in [6.45, 7) is 16.9. The molecule has 45 heavy (non-hydrogen) atoms. The Morgan fingerprint density at radius 3 is 2.16 bits per heavy atom. The molecule has 0 spiro atoms. The van der Waals surface area contributed by atoms with E-state index in [4.69, 9.17) is 27.9 Å². The van der Waals surface area contributed by atoms with E-state index < -0.39 is 24.0 Å². The number of amidine groups is 1. The van der Waals surface area contributed by atoms with Crippen LogP contribution in [-0.4, -0.2) is 23.8 Å². The van der Waals surface area contributed by atoms with Gasteiger partial charge in [-0.15, -0.1) is 5.10 Å². The molecule has 0 saturated carbocycles. The highest BCUT2D eigenvalue weighted by molar-refractivity contribution is 6.40. The van der Waals surface area contributed by atoms with Crippen LogP contribution in [-0.2, 0) is 20.4 Å². The highest BCUT2D eigenvalue weighted by atomic mass is 79.9. The zero-order valence-corrected chi connectivity index (χ0v) is 30.3. The molecule has 1 aromatic heterocycles. The average Bonchev–Trinajstić information content (AvgIpc) is 3.30. The van der Waals surface area contributed by atoms with Gasteiger partial charge in [-0.2, -0.15) is 9.58 Å². The molecule has 0 saturated heterocycles. The van der Waals surface area contributed by atoms with Crippen molar-refractivity contribution in [3.05, 3.63) is 87.7 Å². The van der Waals surface area contributed by atoms with Crippen LogP contribution in [0.2, 0.25) is 10.0 Å². The van der Waals surface area contributed by atoms with Gasteiger partial charge in [0.2, 0.25) is 5.84 Å². The second kappa shape index (κ2) is 14.7. The number of aryl methyl sites for hydroxylation is 1. The van der Waals surface area contributed by atoms with Crippen LogP contribution in [0, 0.1) is 6.92 Å². The van der Waals surface area contributed by atoms with Gasteiger partial charge in [0.1, 0.15) is 11.4 Å². The number of ether oxygens (including phenoxy) is 1. The van der Waals surface area contributed by atoms with Crippen molar-refractivity contribution in [3.63, 3.8) is 0 Å². The van der Waals surface area contributed by atoms with E-state index in [1.807, 2.05) is 26.0 Å². The van der Waals surface area contributed by atoms with E-state index >= 15 is 0 Å². The number of hydrogen-bond acceptors (Lipinski definition) is 4. The topological polar surface area (TPSA) is 74.9 Å². The molecule has 2 heterocycles. The third kappa shape index (κ3) is 7.72. The first-order valence-electron chi connectivity index (χ1n) is 15.2. The molecule has 1 aliphatic heterocycles. The zero-order chi connectivity index (χ0) is 32.4. The van der Waals surface area contributed by atoms with Crippen LogP contribution in [0.3, 0.4) is 0 Å². The van der Waals surface area contributed by atoms with Crippen molar-refractivity contribution in [3.8, 4) is 5.75 Å². The van der Waals surface area contributed by atoms with E-state index in [-0.39, 0.29) is 49.4 Å². The molecule has 3 aromatic rings. The van der Waals surface area contributed by atoms with Gasteiger partial charge in [0.25, 0.3) is 11.9 Å². The number of amides is 2. The van der Waals surface area contributed by atoms with Crippen LogP contribution in [0.4, 0.5) is 5.69 Å². The van der Waals surface area contributed by atoms with Gasteiger partial charge >= 0.3 is 5.91 Å². The number of carbonyl (C=O) groups is 2. The van der Waals surface area contributed by atoms with E-state index in [9.17, 15) is 9.59 Å². The molecule has 242 valence electrons. The van der Waals surface area contributed by atoms with Crippen molar-refractivity contribution in [1.29, 1.82) is 0 Å². The Bertz CT molecular complexity index is 1550. The lowest BCUT2D eigenvalue weighted by Gasteiger charge is -2.31. The Morgan fingerprint density at radius 2 is 1.60 bits per heavy atom. The molecule has 2 aromatic carbocycles. The van der Waals surface area contributed by atoms with Crippen molar-refractivity contribution >= 4 is 46.5 Å². The Labute approximate surface area is 287 Å². The summed E-state index contributed by atoms with van der Waals surface area (Å²) in [7, 11) is 0. The number of hydrogen-bond donors (Lipinski definition) is 1. The fourth-order valence-electron chi connectivity index (χ4n) is 5.10. The smallest absolute Gasteiger partial charge is 0.324 e. The second-order valence-electron chi connectivity index (χ2n) is 12.6. The lowest BCUT2D eigenvalue weighted by molar-refractivity contribution is -0.693. The highest BCUT2D eigenvalue weighted by Crippen LogP contribution is 2.40. The number of hydrazone groups is 1. The fraction of sp³-hybridized carbons (Fsp3) is 0.429. The number of rotatable bonds is 10. The number of pyridine rings is 1. The largest absolute Gasteiger partial charge is 1.00 e. The Hall–Kier alpha value is -2.94. The highest BCUT2D eigenvalue weighted by Gasteiger charge is 2.46. The second-order valence-corrected chi connectivity index (χ2v) is 13.4. The molecule has 0 bridgehead atoms. The van der Waals surface area contributed by atoms with Gasteiger partial charge in [0.15, 0.2) is 18.5 Å². The summed E-state index contributed by atoms with van der Waals surface area (Å²) in [6.07, 6.45) is 4.97. The maximum absolute atomic E-state index is 13.8. The quantitative estimate of drug-likeness (QED) is 0.305. The van der Waals surface area contributed by atoms with E-state index in [2.05, 4.69) is 64.1 Å². The Morgan fingerprint density at radius 1 is 1.00 bits per heavy atom. The zero-order valence-electron chi connectivity index (χ0n) is 27.2. The summed E-state index contributed by atoms with van der Waals surface area (Å²) in [5.41, 5.74) is 3.24. The van der Waals surface area contributed by atoms with Gasteiger partial charge in [0.05, 0.1) is 10.0 Å². The molecule has 0 radical (unpaired) electrons. The maximum atomic E-state index is 13.8. The number of anilines is 1. The summed E-state index contributed by atoms with van der Waals surface area (Å²) < 4.78 is 8.16. The number of aromatic nitrogens is 1. The SMILES string of the molecule is CCC(Oc1ccc(C(C)(C)CC)cc1C(C)(C)CC)C(=O)NC1=NN(c2c(Cl)cc(C)cc2Cl)C(=O)C1[n+]1ccccc1.[Br-]. The molecule has 7 nitrogen and oxygen atoms in total. The molecule has 10 heteroatoms. The minimum atomic E-state index is -0.934. The number of halogens is 3. The molecular formula is C35H43BrCl2N4O3. The molecule has 2 atom stereocenters. The standard InChI is InChI=1S/C35H42Cl2N4O3.BrH/c1-9-27(44-28-16-15-23(34(5,6)10-2)21-24(28)35(7,8)11-3)32(42)38-31-30(40-17-13-12-14-18-40)33(43)41(39-31)29-25(36)19-22(4)20-26(29)37;/h12-21,27,30H,9-11H2,1-8H3;1H. The summed E-state index contributed by atoms with van der Waals surface area (Å²) in [6, 6.07) is 14.3. The lowest BCUT2D eigenvalue weighted by Crippen LogP contribution is -3.00. The van der Waals surface area contributed by atoms with Gasteiger partial charge in [-0.25, -0.2) is 0 Å². The minimum absolute atomic E-state index is 0. The molecular weight excluding hydrogens is 675 g/mol. The van der Waals surface area contributed by atoms with E-state index in [1.165, 1.54) is 10.6 Å². The number of nitrogens with one attached hydrogen (secondary N) is 1. The number of nitrogens with zero attached hydrogens (tertiary/aromatic N) is 3. The molecule has 0 aliphatic carbocycles. The number of carbonyl (C=O) groups excluding carboxylic acids is 2. The Balaban J connectivity index is 0.00000552. The number of benzene rings is 2. The van der Waals surface area contributed by atoms with Gasteiger partial charge < -0.3 is 27.0 Å². The van der Waals surface area contributed by atoms with Gasteiger partial charge in [-0.1, -0.05) is 89.9 Å². The molecule has 2 unspecified atom stereocenters.